The lowest BCUT2D eigenvalue weighted by molar-refractivity contribution is 0.0620. The molecule has 2 amide bonds. The first-order valence-corrected chi connectivity index (χ1v) is 8.54. The Morgan fingerprint density at radius 1 is 1.08 bits per heavy atom. The number of likely N-dealkylation sites (tertiary alicyclic amines) is 1. The van der Waals surface area contributed by atoms with E-state index in [0.29, 0.717) is 29.9 Å². The number of carbonyl (C=O) groups is 2. The second kappa shape index (κ2) is 7.94. The van der Waals surface area contributed by atoms with Crippen LogP contribution >= 0.6 is 0 Å². The van der Waals surface area contributed by atoms with E-state index in [-0.39, 0.29) is 24.3 Å². The van der Waals surface area contributed by atoms with Gasteiger partial charge in [-0.15, -0.1) is 0 Å². The van der Waals surface area contributed by atoms with E-state index in [0.717, 1.165) is 12.8 Å². The van der Waals surface area contributed by atoms with E-state index in [9.17, 15) is 14.7 Å². The van der Waals surface area contributed by atoms with Crippen LogP contribution in [0.1, 0.15) is 33.6 Å². The van der Waals surface area contributed by atoms with E-state index < -0.39 is 0 Å². The van der Waals surface area contributed by atoms with Gasteiger partial charge in [-0.1, -0.05) is 24.3 Å². The molecule has 0 spiro atoms. The summed E-state index contributed by atoms with van der Waals surface area (Å²) in [4.78, 5) is 26.7. The van der Waals surface area contributed by atoms with Crippen LogP contribution in [0.2, 0.25) is 0 Å². The standard InChI is InChI=1S/C20H22N2O3/c23-14-15-6-5-11-22(13-15)20(25)17-9-4-10-18(12-17)21-19(24)16-7-2-1-3-8-16/h1-4,7-10,12,15,23H,5-6,11,13-14H2,(H,21,24). The molecule has 1 atom stereocenters. The second-order valence-corrected chi connectivity index (χ2v) is 6.34. The van der Waals surface area contributed by atoms with Crippen molar-refractivity contribution in [2.45, 2.75) is 12.8 Å². The lowest BCUT2D eigenvalue weighted by Gasteiger charge is -2.32. The van der Waals surface area contributed by atoms with Gasteiger partial charge in [0.1, 0.15) is 0 Å². The number of rotatable bonds is 4. The summed E-state index contributed by atoms with van der Waals surface area (Å²) in [5, 5.41) is 12.2. The fourth-order valence-corrected chi connectivity index (χ4v) is 3.10. The van der Waals surface area contributed by atoms with E-state index in [1.54, 1.807) is 41.3 Å². The first-order valence-electron chi connectivity index (χ1n) is 8.54. The summed E-state index contributed by atoms with van der Waals surface area (Å²) in [5.41, 5.74) is 1.71. The molecule has 0 aliphatic carbocycles. The van der Waals surface area contributed by atoms with Crippen molar-refractivity contribution in [3.63, 3.8) is 0 Å². The van der Waals surface area contributed by atoms with Gasteiger partial charge in [-0.2, -0.15) is 0 Å². The zero-order chi connectivity index (χ0) is 17.6. The van der Waals surface area contributed by atoms with Crippen molar-refractivity contribution in [1.82, 2.24) is 4.90 Å². The molecule has 5 nitrogen and oxygen atoms in total. The smallest absolute Gasteiger partial charge is 0.255 e. The van der Waals surface area contributed by atoms with Gasteiger partial charge in [-0.05, 0) is 49.1 Å². The van der Waals surface area contributed by atoms with E-state index in [1.165, 1.54) is 0 Å². The van der Waals surface area contributed by atoms with Crippen molar-refractivity contribution in [3.8, 4) is 0 Å². The number of piperidine rings is 1. The van der Waals surface area contributed by atoms with Gasteiger partial charge in [0, 0.05) is 36.5 Å². The topological polar surface area (TPSA) is 69.6 Å². The van der Waals surface area contributed by atoms with E-state index in [4.69, 9.17) is 0 Å². The van der Waals surface area contributed by atoms with Gasteiger partial charge in [0.05, 0.1) is 0 Å². The van der Waals surface area contributed by atoms with Gasteiger partial charge >= 0.3 is 0 Å². The van der Waals surface area contributed by atoms with Crippen LogP contribution in [0, 0.1) is 5.92 Å². The summed E-state index contributed by atoms with van der Waals surface area (Å²) in [7, 11) is 0. The number of anilines is 1. The van der Waals surface area contributed by atoms with Crippen molar-refractivity contribution in [1.29, 1.82) is 0 Å². The summed E-state index contributed by atoms with van der Waals surface area (Å²) in [5.74, 6) is -0.115. The highest BCUT2D eigenvalue weighted by molar-refractivity contribution is 6.05. The number of carbonyl (C=O) groups excluding carboxylic acids is 2. The Balaban J connectivity index is 1.70. The SMILES string of the molecule is O=C(Nc1cccc(C(=O)N2CCCC(CO)C2)c1)c1ccccc1. The average molecular weight is 338 g/mol. The van der Waals surface area contributed by atoms with Gasteiger partial charge in [-0.25, -0.2) is 0 Å². The van der Waals surface area contributed by atoms with Crippen LogP contribution in [-0.2, 0) is 0 Å². The minimum absolute atomic E-state index is 0.0611. The molecule has 2 aromatic carbocycles. The predicted octanol–water partition coefficient (Wildman–Crippen LogP) is 2.78. The summed E-state index contributed by atoms with van der Waals surface area (Å²) < 4.78 is 0. The molecule has 1 aliphatic rings. The highest BCUT2D eigenvalue weighted by Crippen LogP contribution is 2.20. The maximum absolute atomic E-state index is 12.7. The molecule has 1 unspecified atom stereocenters. The molecule has 5 heteroatoms. The van der Waals surface area contributed by atoms with Crippen molar-refractivity contribution in [3.05, 3.63) is 65.7 Å². The minimum atomic E-state index is -0.205. The van der Waals surface area contributed by atoms with Crippen molar-refractivity contribution in [2.75, 3.05) is 25.0 Å². The number of nitrogens with zero attached hydrogens (tertiary/aromatic N) is 1. The molecule has 3 rings (SSSR count). The fourth-order valence-electron chi connectivity index (χ4n) is 3.10. The number of nitrogens with one attached hydrogen (secondary N) is 1. The highest BCUT2D eigenvalue weighted by Gasteiger charge is 2.24. The second-order valence-electron chi connectivity index (χ2n) is 6.34. The first-order chi connectivity index (χ1) is 12.2. The molecule has 25 heavy (non-hydrogen) atoms. The Kier molecular flexibility index (Phi) is 5.46. The molecule has 0 aromatic heterocycles. The summed E-state index contributed by atoms with van der Waals surface area (Å²) in [6.07, 6.45) is 1.86. The van der Waals surface area contributed by atoms with Crippen LogP contribution in [0.4, 0.5) is 5.69 Å². The Bertz CT molecular complexity index is 746. The molecule has 2 N–H and O–H groups in total. The van der Waals surface area contributed by atoms with Crippen LogP contribution in [0.15, 0.2) is 54.6 Å². The molecule has 1 heterocycles. The molecule has 2 aromatic rings. The zero-order valence-corrected chi connectivity index (χ0v) is 14.0. The van der Waals surface area contributed by atoms with E-state index >= 15 is 0 Å². The molecule has 0 radical (unpaired) electrons. The highest BCUT2D eigenvalue weighted by atomic mass is 16.3. The number of benzene rings is 2. The van der Waals surface area contributed by atoms with Crippen molar-refractivity contribution in [2.24, 2.45) is 5.92 Å². The number of hydrogen-bond donors (Lipinski definition) is 2. The molecule has 0 bridgehead atoms. The normalized spacial score (nSPS) is 17.2. The summed E-state index contributed by atoms with van der Waals surface area (Å²) >= 11 is 0. The fraction of sp³-hybridized carbons (Fsp3) is 0.300. The monoisotopic (exact) mass is 338 g/mol. The Hall–Kier alpha value is -2.66. The van der Waals surface area contributed by atoms with Crippen LogP contribution < -0.4 is 5.32 Å². The molecule has 130 valence electrons. The molecule has 0 saturated carbocycles. The largest absolute Gasteiger partial charge is 0.396 e. The van der Waals surface area contributed by atoms with Crippen LogP contribution in [0.25, 0.3) is 0 Å². The minimum Gasteiger partial charge on any atom is -0.396 e. The van der Waals surface area contributed by atoms with Crippen LogP contribution in [0.5, 0.6) is 0 Å². The predicted molar refractivity (Wildman–Crippen MR) is 96.6 cm³/mol. The molecule has 1 saturated heterocycles. The number of aliphatic hydroxyl groups is 1. The zero-order valence-electron chi connectivity index (χ0n) is 14.0. The lowest BCUT2D eigenvalue weighted by Crippen LogP contribution is -2.40. The molecular formula is C20H22N2O3. The maximum atomic E-state index is 12.7. The Labute approximate surface area is 147 Å². The van der Waals surface area contributed by atoms with Gasteiger partial charge in [0.15, 0.2) is 0 Å². The molecule has 1 fully saturated rings. The molecule has 1 aliphatic heterocycles. The third kappa shape index (κ3) is 4.25. The van der Waals surface area contributed by atoms with Gasteiger partial charge in [0.2, 0.25) is 0 Å². The van der Waals surface area contributed by atoms with E-state index in [2.05, 4.69) is 5.32 Å². The van der Waals surface area contributed by atoms with Gasteiger partial charge < -0.3 is 15.3 Å². The van der Waals surface area contributed by atoms with Gasteiger partial charge in [0.25, 0.3) is 11.8 Å². The third-order valence-corrected chi connectivity index (χ3v) is 4.47. The number of hydrogen-bond acceptors (Lipinski definition) is 3. The number of aliphatic hydroxyl groups excluding tert-OH is 1. The molecular weight excluding hydrogens is 316 g/mol. The Morgan fingerprint density at radius 3 is 2.60 bits per heavy atom. The summed E-state index contributed by atoms with van der Waals surface area (Å²) in [6.45, 7) is 1.39. The van der Waals surface area contributed by atoms with Gasteiger partial charge in [-0.3, -0.25) is 9.59 Å². The van der Waals surface area contributed by atoms with Crippen molar-refractivity contribution >= 4 is 17.5 Å². The first kappa shape index (κ1) is 17.2. The Morgan fingerprint density at radius 2 is 1.84 bits per heavy atom. The lowest BCUT2D eigenvalue weighted by atomic mass is 9.98. The maximum Gasteiger partial charge on any atom is 0.255 e. The van der Waals surface area contributed by atoms with Crippen LogP contribution in [-0.4, -0.2) is 41.5 Å². The van der Waals surface area contributed by atoms with Crippen LogP contribution in [0.3, 0.4) is 0 Å². The number of amides is 2. The average Bonchev–Trinajstić information content (AvgIpc) is 2.68. The van der Waals surface area contributed by atoms with Crippen molar-refractivity contribution < 1.29 is 14.7 Å². The summed E-state index contributed by atoms with van der Waals surface area (Å²) in [6, 6.07) is 15.9. The quantitative estimate of drug-likeness (QED) is 0.901. The third-order valence-electron chi connectivity index (χ3n) is 4.47. The van der Waals surface area contributed by atoms with E-state index in [1.807, 2.05) is 18.2 Å².